The molecule has 0 bridgehead atoms. The van der Waals surface area contributed by atoms with Crippen LogP contribution in [-0.2, 0) is 0 Å². The standard InChI is InChI=1S/C69H44N6/c1-4-20-45(21-5-1)47-38-40-49(41-39-47)68-70-67(48-24-8-3-9-25-48)71-69(72-68)55-29-13-17-34-60(55)75-62-36-19-35-61(73-57-31-14-10-26-51(57)52-27-11-15-32-58(52)73)65(62)56-30-18-37-63(66(56)75)74-59-33-16-12-28-53(59)54-43-42-50(44-64(54)74)46-22-6-2-7-23-46/h1-44H. The van der Waals surface area contributed by atoms with Gasteiger partial charge in [0.05, 0.1) is 50.2 Å². The molecular formula is C69H44N6. The molecular weight excluding hydrogens is 913 g/mol. The second-order valence-electron chi connectivity index (χ2n) is 19.1. The molecule has 350 valence electrons. The third-order valence-electron chi connectivity index (χ3n) is 14.9. The van der Waals surface area contributed by atoms with Crippen LogP contribution in [0, 0.1) is 0 Å². The predicted octanol–water partition coefficient (Wildman–Crippen LogP) is 17.5. The first-order valence-electron chi connectivity index (χ1n) is 25.4. The van der Waals surface area contributed by atoms with Gasteiger partial charge in [0.2, 0.25) is 0 Å². The minimum absolute atomic E-state index is 0.581. The Kier molecular flexibility index (Phi) is 9.78. The summed E-state index contributed by atoms with van der Waals surface area (Å²) in [6, 6.07) is 95.3. The van der Waals surface area contributed by atoms with Crippen LogP contribution in [0.3, 0.4) is 0 Å². The van der Waals surface area contributed by atoms with E-state index in [2.05, 4.69) is 256 Å². The van der Waals surface area contributed by atoms with Gasteiger partial charge in [-0.1, -0.05) is 212 Å². The Morgan fingerprint density at radius 1 is 0.227 bits per heavy atom. The van der Waals surface area contributed by atoms with Crippen molar-refractivity contribution in [2.24, 2.45) is 0 Å². The number of benzene rings is 11. The van der Waals surface area contributed by atoms with Gasteiger partial charge in [-0.15, -0.1) is 0 Å². The third kappa shape index (κ3) is 6.84. The van der Waals surface area contributed by atoms with Crippen LogP contribution in [-0.4, -0.2) is 28.7 Å². The van der Waals surface area contributed by atoms with Crippen LogP contribution in [0.15, 0.2) is 267 Å². The Morgan fingerprint density at radius 3 is 1.27 bits per heavy atom. The zero-order valence-corrected chi connectivity index (χ0v) is 40.6. The van der Waals surface area contributed by atoms with Gasteiger partial charge in [-0.2, -0.15) is 0 Å². The first-order chi connectivity index (χ1) is 37.2. The van der Waals surface area contributed by atoms with Crippen molar-refractivity contribution in [3.8, 4) is 73.5 Å². The van der Waals surface area contributed by atoms with Gasteiger partial charge in [-0.25, -0.2) is 15.0 Å². The van der Waals surface area contributed by atoms with Gasteiger partial charge in [-0.3, -0.25) is 0 Å². The molecule has 6 nitrogen and oxygen atoms in total. The van der Waals surface area contributed by atoms with Crippen LogP contribution in [0.25, 0.3) is 139 Å². The van der Waals surface area contributed by atoms with Crippen molar-refractivity contribution in [2.45, 2.75) is 0 Å². The zero-order valence-electron chi connectivity index (χ0n) is 40.6. The van der Waals surface area contributed by atoms with E-state index in [4.69, 9.17) is 15.0 Å². The molecule has 0 radical (unpaired) electrons. The van der Waals surface area contributed by atoms with Crippen LogP contribution in [0.4, 0.5) is 0 Å². The minimum Gasteiger partial charge on any atom is -0.309 e. The number of para-hydroxylation sites is 5. The quantitative estimate of drug-likeness (QED) is 0.152. The lowest BCUT2D eigenvalue weighted by molar-refractivity contribution is 1.06. The molecule has 15 aromatic rings. The van der Waals surface area contributed by atoms with Crippen molar-refractivity contribution in [3.05, 3.63) is 267 Å². The average Bonchev–Trinajstić information content (AvgIpc) is 4.14. The first-order valence-corrected chi connectivity index (χ1v) is 25.4. The molecule has 0 aliphatic carbocycles. The normalized spacial score (nSPS) is 11.7. The van der Waals surface area contributed by atoms with Gasteiger partial charge in [-0.05, 0) is 76.9 Å². The van der Waals surface area contributed by atoms with Crippen LogP contribution in [0.1, 0.15) is 0 Å². The number of hydrogen-bond acceptors (Lipinski definition) is 3. The number of rotatable bonds is 8. The summed E-state index contributed by atoms with van der Waals surface area (Å²) in [5.74, 6) is 1.79. The maximum Gasteiger partial charge on any atom is 0.166 e. The molecule has 0 aliphatic heterocycles. The van der Waals surface area contributed by atoms with E-state index in [0.717, 1.165) is 94.3 Å². The fourth-order valence-electron chi connectivity index (χ4n) is 11.6. The second kappa shape index (κ2) is 17.3. The summed E-state index contributed by atoms with van der Waals surface area (Å²) in [6.07, 6.45) is 0. The number of aromatic nitrogens is 6. The van der Waals surface area contributed by atoms with Crippen molar-refractivity contribution in [1.29, 1.82) is 0 Å². The fraction of sp³-hybridized carbons (Fsp3) is 0. The smallest absolute Gasteiger partial charge is 0.166 e. The number of nitrogens with zero attached hydrogens (tertiary/aromatic N) is 6. The molecule has 15 rings (SSSR count). The highest BCUT2D eigenvalue weighted by Crippen LogP contribution is 2.45. The van der Waals surface area contributed by atoms with Crippen LogP contribution < -0.4 is 0 Å². The van der Waals surface area contributed by atoms with Crippen LogP contribution >= 0.6 is 0 Å². The minimum atomic E-state index is 0.581. The molecule has 0 saturated carbocycles. The van der Waals surface area contributed by atoms with E-state index >= 15 is 0 Å². The molecule has 0 unspecified atom stereocenters. The molecule has 4 aromatic heterocycles. The SMILES string of the molecule is c1ccc(-c2ccc(-c3nc(-c4ccccc4)nc(-c4ccccc4-n4c5cccc(-n6c7ccccc7c7ccccc76)c5c5cccc(-n6c7ccccc7c7ccc(-c8ccccc8)cc76)c54)n3)cc2)cc1. The van der Waals surface area contributed by atoms with E-state index in [9.17, 15) is 0 Å². The summed E-state index contributed by atoms with van der Waals surface area (Å²) >= 11 is 0. The molecule has 0 amide bonds. The van der Waals surface area contributed by atoms with E-state index in [1.807, 2.05) is 24.3 Å². The van der Waals surface area contributed by atoms with E-state index in [-0.39, 0.29) is 0 Å². The van der Waals surface area contributed by atoms with E-state index < -0.39 is 0 Å². The van der Waals surface area contributed by atoms with Gasteiger partial charge in [0.25, 0.3) is 0 Å². The predicted molar refractivity (Wildman–Crippen MR) is 310 cm³/mol. The molecule has 6 heteroatoms. The lowest BCUT2D eigenvalue weighted by Gasteiger charge is -2.17. The van der Waals surface area contributed by atoms with Crippen molar-refractivity contribution in [1.82, 2.24) is 28.7 Å². The molecule has 0 N–H and O–H groups in total. The summed E-state index contributed by atoms with van der Waals surface area (Å²) in [4.78, 5) is 16.0. The first kappa shape index (κ1) is 42.5. The molecule has 0 fully saturated rings. The Morgan fingerprint density at radius 2 is 0.627 bits per heavy atom. The van der Waals surface area contributed by atoms with Crippen LogP contribution in [0.2, 0.25) is 0 Å². The molecule has 75 heavy (non-hydrogen) atoms. The molecule has 0 spiro atoms. The summed E-state index contributed by atoms with van der Waals surface area (Å²) in [5, 5.41) is 7.09. The van der Waals surface area contributed by atoms with Crippen LogP contribution in [0.5, 0.6) is 0 Å². The molecule has 0 aliphatic rings. The van der Waals surface area contributed by atoms with Crippen molar-refractivity contribution >= 4 is 65.4 Å². The summed E-state index contributed by atoms with van der Waals surface area (Å²) in [6.45, 7) is 0. The van der Waals surface area contributed by atoms with Gasteiger partial charge in [0.15, 0.2) is 17.5 Å². The van der Waals surface area contributed by atoms with Crippen molar-refractivity contribution in [2.75, 3.05) is 0 Å². The Bertz CT molecular complexity index is 4630. The largest absolute Gasteiger partial charge is 0.309 e. The van der Waals surface area contributed by atoms with Gasteiger partial charge < -0.3 is 13.7 Å². The van der Waals surface area contributed by atoms with Gasteiger partial charge >= 0.3 is 0 Å². The highest BCUT2D eigenvalue weighted by molar-refractivity contribution is 6.19. The topological polar surface area (TPSA) is 53.5 Å². The summed E-state index contributed by atoms with van der Waals surface area (Å²) < 4.78 is 7.40. The van der Waals surface area contributed by atoms with E-state index in [1.54, 1.807) is 0 Å². The zero-order chi connectivity index (χ0) is 49.4. The molecule has 0 saturated heterocycles. The fourth-order valence-corrected chi connectivity index (χ4v) is 11.6. The highest BCUT2D eigenvalue weighted by atomic mass is 15.1. The van der Waals surface area contributed by atoms with Gasteiger partial charge in [0, 0.05) is 49.0 Å². The lowest BCUT2D eigenvalue weighted by Crippen LogP contribution is -2.05. The summed E-state index contributed by atoms with van der Waals surface area (Å²) in [7, 11) is 0. The lowest BCUT2D eigenvalue weighted by atomic mass is 10.0. The molecule has 0 atom stereocenters. The second-order valence-corrected chi connectivity index (χ2v) is 19.1. The monoisotopic (exact) mass is 956 g/mol. The van der Waals surface area contributed by atoms with Gasteiger partial charge in [0.1, 0.15) is 0 Å². The highest BCUT2D eigenvalue weighted by Gasteiger charge is 2.26. The summed E-state index contributed by atoms with van der Waals surface area (Å²) in [5.41, 5.74) is 17.1. The van der Waals surface area contributed by atoms with E-state index in [0.29, 0.717) is 17.5 Å². The Balaban J connectivity index is 1.04. The van der Waals surface area contributed by atoms with Crippen molar-refractivity contribution in [3.63, 3.8) is 0 Å². The maximum absolute atomic E-state index is 5.41. The molecule has 4 heterocycles. The van der Waals surface area contributed by atoms with E-state index in [1.165, 1.54) is 27.1 Å². The Labute approximate surface area is 432 Å². The number of hydrogen-bond donors (Lipinski definition) is 0. The molecule has 11 aromatic carbocycles. The third-order valence-corrected chi connectivity index (χ3v) is 14.9. The van der Waals surface area contributed by atoms with Crippen molar-refractivity contribution < 1.29 is 0 Å². The Hall–Kier alpha value is -10.2. The number of fused-ring (bicyclic) bond motifs is 9. The maximum atomic E-state index is 5.41. The average molecular weight is 957 g/mol.